The highest BCUT2D eigenvalue weighted by Crippen LogP contribution is 2.08. The maximum Gasteiger partial charge on any atom is 0.128 e. The van der Waals surface area contributed by atoms with Crippen molar-refractivity contribution in [2.75, 3.05) is 25.0 Å². The highest BCUT2D eigenvalue weighted by atomic mass is 15.1. The zero-order valence-corrected chi connectivity index (χ0v) is 9.95. The molecule has 0 unspecified atom stereocenters. The van der Waals surface area contributed by atoms with Crippen LogP contribution >= 0.6 is 0 Å². The van der Waals surface area contributed by atoms with E-state index in [1.807, 2.05) is 6.20 Å². The van der Waals surface area contributed by atoms with Crippen LogP contribution in [-0.4, -0.2) is 25.1 Å². The zero-order valence-electron chi connectivity index (χ0n) is 9.95. The van der Waals surface area contributed by atoms with Crippen molar-refractivity contribution in [2.24, 2.45) is 0 Å². The molecule has 0 aliphatic carbocycles. The number of hydrogen-bond donors (Lipinski definition) is 1. The van der Waals surface area contributed by atoms with E-state index in [2.05, 4.69) is 48.2 Å². The van der Waals surface area contributed by atoms with Crippen LogP contribution in [0.25, 0.3) is 0 Å². The lowest BCUT2D eigenvalue weighted by Crippen LogP contribution is -2.18. The van der Waals surface area contributed by atoms with Crippen LogP contribution in [0.2, 0.25) is 0 Å². The Morgan fingerprint density at radius 1 is 1.33 bits per heavy atom. The minimum atomic E-state index is 0.914. The highest BCUT2D eigenvalue weighted by Gasteiger charge is 1.99. The summed E-state index contributed by atoms with van der Waals surface area (Å²) in [5.74, 6) is 1.04. The first-order valence-corrected chi connectivity index (χ1v) is 5.64. The van der Waals surface area contributed by atoms with Gasteiger partial charge in [0, 0.05) is 26.3 Å². The first kappa shape index (κ1) is 12.0. The van der Waals surface area contributed by atoms with E-state index < -0.39 is 0 Å². The van der Waals surface area contributed by atoms with Gasteiger partial charge in [-0.15, -0.1) is 0 Å². The molecule has 1 heterocycles. The van der Waals surface area contributed by atoms with E-state index in [1.165, 1.54) is 12.0 Å². The average molecular weight is 207 g/mol. The third kappa shape index (κ3) is 3.88. The predicted molar refractivity (Wildman–Crippen MR) is 65.2 cm³/mol. The van der Waals surface area contributed by atoms with Crippen molar-refractivity contribution in [3.8, 4) is 0 Å². The molecule has 0 aromatic carbocycles. The number of nitrogens with zero attached hydrogens (tertiary/aromatic N) is 2. The van der Waals surface area contributed by atoms with E-state index in [9.17, 15) is 0 Å². The number of hydrogen-bond acceptors (Lipinski definition) is 3. The zero-order chi connectivity index (χ0) is 11.1. The Labute approximate surface area is 92.5 Å². The molecule has 0 amide bonds. The fourth-order valence-corrected chi connectivity index (χ4v) is 1.32. The van der Waals surface area contributed by atoms with Crippen molar-refractivity contribution >= 4 is 5.82 Å². The van der Waals surface area contributed by atoms with E-state index in [0.717, 1.165) is 25.5 Å². The molecule has 0 bridgehead atoms. The van der Waals surface area contributed by atoms with Gasteiger partial charge in [-0.3, -0.25) is 0 Å². The summed E-state index contributed by atoms with van der Waals surface area (Å²) in [6.45, 7) is 7.26. The minimum absolute atomic E-state index is 0.914. The third-order valence-corrected chi connectivity index (χ3v) is 2.43. The molecule has 0 saturated carbocycles. The number of rotatable bonds is 6. The molecule has 1 rings (SSSR count). The van der Waals surface area contributed by atoms with Crippen molar-refractivity contribution in [1.29, 1.82) is 0 Å². The van der Waals surface area contributed by atoms with E-state index in [4.69, 9.17) is 0 Å². The second-order valence-corrected chi connectivity index (χ2v) is 3.72. The van der Waals surface area contributed by atoms with Gasteiger partial charge in [-0.05, 0) is 31.5 Å². The van der Waals surface area contributed by atoms with Crippen molar-refractivity contribution in [1.82, 2.24) is 10.3 Å². The molecular formula is C12H21N3. The van der Waals surface area contributed by atoms with Gasteiger partial charge in [0.05, 0.1) is 0 Å². The molecule has 3 heteroatoms. The van der Waals surface area contributed by atoms with Crippen LogP contribution in [0.5, 0.6) is 0 Å². The molecule has 3 nitrogen and oxygen atoms in total. The molecule has 15 heavy (non-hydrogen) atoms. The summed E-state index contributed by atoms with van der Waals surface area (Å²) in [7, 11) is 2.05. The standard InChI is InChI=1S/C12H21N3/c1-4-8-13-9-11-6-7-12(14-10-11)15(3)5-2/h6-7,10,13H,4-5,8-9H2,1-3H3. The predicted octanol–water partition coefficient (Wildman–Crippen LogP) is 2.04. The summed E-state index contributed by atoms with van der Waals surface area (Å²) in [5.41, 5.74) is 1.25. The highest BCUT2D eigenvalue weighted by molar-refractivity contribution is 5.37. The molecule has 1 N–H and O–H groups in total. The molecule has 0 aliphatic rings. The average Bonchev–Trinajstić information content (AvgIpc) is 2.29. The Hall–Kier alpha value is -1.09. The lowest BCUT2D eigenvalue weighted by Gasteiger charge is -2.15. The first-order chi connectivity index (χ1) is 7.27. The third-order valence-electron chi connectivity index (χ3n) is 2.43. The molecule has 0 saturated heterocycles. The lowest BCUT2D eigenvalue weighted by molar-refractivity contribution is 0.674. The van der Waals surface area contributed by atoms with E-state index in [0.29, 0.717) is 0 Å². The van der Waals surface area contributed by atoms with Gasteiger partial charge in [0.1, 0.15) is 5.82 Å². The van der Waals surface area contributed by atoms with Crippen molar-refractivity contribution < 1.29 is 0 Å². The second kappa shape index (κ2) is 6.40. The van der Waals surface area contributed by atoms with Crippen LogP contribution in [0.3, 0.4) is 0 Å². The minimum Gasteiger partial charge on any atom is -0.360 e. The summed E-state index contributed by atoms with van der Waals surface area (Å²) in [6, 6.07) is 4.21. The number of nitrogens with one attached hydrogen (secondary N) is 1. The smallest absolute Gasteiger partial charge is 0.128 e. The summed E-state index contributed by atoms with van der Waals surface area (Å²) in [6.07, 6.45) is 3.12. The molecule has 0 aliphatic heterocycles. The number of anilines is 1. The normalized spacial score (nSPS) is 10.3. The van der Waals surface area contributed by atoms with Gasteiger partial charge in [-0.2, -0.15) is 0 Å². The summed E-state index contributed by atoms with van der Waals surface area (Å²) >= 11 is 0. The van der Waals surface area contributed by atoms with Crippen LogP contribution < -0.4 is 10.2 Å². The molecule has 84 valence electrons. The Bertz CT molecular complexity index is 269. The maximum atomic E-state index is 4.41. The van der Waals surface area contributed by atoms with E-state index >= 15 is 0 Å². The second-order valence-electron chi connectivity index (χ2n) is 3.72. The summed E-state index contributed by atoms with van der Waals surface area (Å²) in [4.78, 5) is 6.54. The Kier molecular flexibility index (Phi) is 5.12. The molecular weight excluding hydrogens is 186 g/mol. The van der Waals surface area contributed by atoms with Crippen LogP contribution in [0.1, 0.15) is 25.8 Å². The Balaban J connectivity index is 2.49. The summed E-state index contributed by atoms with van der Waals surface area (Å²) in [5, 5.41) is 3.36. The number of aromatic nitrogens is 1. The van der Waals surface area contributed by atoms with Gasteiger partial charge in [0.15, 0.2) is 0 Å². The fourth-order valence-electron chi connectivity index (χ4n) is 1.32. The van der Waals surface area contributed by atoms with Crippen molar-refractivity contribution in [2.45, 2.75) is 26.8 Å². The van der Waals surface area contributed by atoms with Gasteiger partial charge >= 0.3 is 0 Å². The molecule has 0 fully saturated rings. The first-order valence-electron chi connectivity index (χ1n) is 5.64. The molecule has 0 spiro atoms. The van der Waals surface area contributed by atoms with E-state index in [-0.39, 0.29) is 0 Å². The molecule has 0 atom stereocenters. The van der Waals surface area contributed by atoms with Gasteiger partial charge in [0.25, 0.3) is 0 Å². The SMILES string of the molecule is CCCNCc1ccc(N(C)CC)nc1. The van der Waals surface area contributed by atoms with E-state index in [1.54, 1.807) is 0 Å². The van der Waals surface area contributed by atoms with Crippen LogP contribution in [0.15, 0.2) is 18.3 Å². The molecule has 1 aromatic rings. The maximum absolute atomic E-state index is 4.41. The van der Waals surface area contributed by atoms with Gasteiger partial charge in [-0.1, -0.05) is 13.0 Å². The molecule has 0 radical (unpaired) electrons. The van der Waals surface area contributed by atoms with Crippen LogP contribution in [0.4, 0.5) is 5.82 Å². The Morgan fingerprint density at radius 2 is 2.13 bits per heavy atom. The van der Waals surface area contributed by atoms with Gasteiger partial charge < -0.3 is 10.2 Å². The van der Waals surface area contributed by atoms with Crippen molar-refractivity contribution in [3.05, 3.63) is 23.9 Å². The summed E-state index contributed by atoms with van der Waals surface area (Å²) < 4.78 is 0. The largest absolute Gasteiger partial charge is 0.360 e. The molecule has 1 aromatic heterocycles. The lowest BCUT2D eigenvalue weighted by atomic mass is 10.2. The fraction of sp³-hybridized carbons (Fsp3) is 0.583. The quantitative estimate of drug-likeness (QED) is 0.724. The van der Waals surface area contributed by atoms with Crippen LogP contribution in [-0.2, 0) is 6.54 Å². The Morgan fingerprint density at radius 3 is 2.67 bits per heavy atom. The van der Waals surface area contributed by atoms with Gasteiger partial charge in [-0.25, -0.2) is 4.98 Å². The topological polar surface area (TPSA) is 28.2 Å². The van der Waals surface area contributed by atoms with Crippen LogP contribution in [0, 0.1) is 0 Å². The number of pyridine rings is 1. The van der Waals surface area contributed by atoms with Crippen molar-refractivity contribution in [3.63, 3.8) is 0 Å². The monoisotopic (exact) mass is 207 g/mol. The van der Waals surface area contributed by atoms with Gasteiger partial charge in [0.2, 0.25) is 0 Å².